The minimum atomic E-state index is -0.158. The van der Waals surface area contributed by atoms with Gasteiger partial charge in [0.05, 0.1) is 18.8 Å². The Labute approximate surface area is 147 Å². The van der Waals surface area contributed by atoms with Crippen LogP contribution in [-0.2, 0) is 0 Å². The van der Waals surface area contributed by atoms with Crippen LogP contribution in [0.5, 0.6) is 5.75 Å². The molecular formula is C19H23N3O3. The molecule has 1 saturated heterocycles. The summed E-state index contributed by atoms with van der Waals surface area (Å²) < 4.78 is 10.7. The van der Waals surface area contributed by atoms with Crippen molar-refractivity contribution >= 4 is 11.6 Å². The first-order valence-electron chi connectivity index (χ1n) is 8.81. The lowest BCUT2D eigenvalue weighted by molar-refractivity contribution is 0.0924. The molecule has 2 heterocycles. The molecule has 1 aromatic carbocycles. The lowest BCUT2D eigenvalue weighted by atomic mass is 10.1. The minimum Gasteiger partial charge on any atom is -0.495 e. The summed E-state index contributed by atoms with van der Waals surface area (Å²) in [7, 11) is 1.68. The zero-order chi connectivity index (χ0) is 17.4. The van der Waals surface area contributed by atoms with Crippen LogP contribution in [0.1, 0.15) is 41.9 Å². The van der Waals surface area contributed by atoms with E-state index in [1.165, 1.54) is 0 Å². The van der Waals surface area contributed by atoms with Crippen LogP contribution < -0.4 is 15.0 Å². The second-order valence-electron chi connectivity index (χ2n) is 7.02. The fourth-order valence-corrected chi connectivity index (χ4v) is 3.44. The largest absolute Gasteiger partial charge is 0.495 e. The van der Waals surface area contributed by atoms with E-state index in [-0.39, 0.29) is 11.9 Å². The molecule has 4 rings (SSSR count). The van der Waals surface area contributed by atoms with Crippen LogP contribution in [0.2, 0.25) is 0 Å². The van der Waals surface area contributed by atoms with E-state index in [0.717, 1.165) is 43.1 Å². The Morgan fingerprint density at radius 2 is 2.12 bits per heavy atom. The van der Waals surface area contributed by atoms with E-state index in [4.69, 9.17) is 9.26 Å². The minimum absolute atomic E-state index is 0.0680. The number of ether oxygens (including phenoxy) is 1. The normalized spacial score (nSPS) is 22.9. The number of methoxy groups -OCH3 is 1. The molecule has 6 nitrogen and oxygen atoms in total. The van der Waals surface area contributed by atoms with Crippen molar-refractivity contribution in [1.82, 2.24) is 10.5 Å². The molecule has 1 amide bonds. The molecule has 6 heteroatoms. The van der Waals surface area contributed by atoms with Crippen LogP contribution >= 0.6 is 0 Å². The van der Waals surface area contributed by atoms with E-state index in [1.54, 1.807) is 13.2 Å². The molecule has 1 aliphatic carbocycles. The van der Waals surface area contributed by atoms with Crippen molar-refractivity contribution < 1.29 is 14.1 Å². The average molecular weight is 341 g/mol. The molecule has 2 fully saturated rings. The number of amides is 1. The van der Waals surface area contributed by atoms with Crippen molar-refractivity contribution in [2.75, 3.05) is 25.1 Å². The molecule has 1 N–H and O–H groups in total. The third-order valence-electron chi connectivity index (χ3n) is 5.10. The second kappa shape index (κ2) is 6.43. The topological polar surface area (TPSA) is 67.6 Å². The monoisotopic (exact) mass is 341 g/mol. The van der Waals surface area contributed by atoms with Gasteiger partial charge in [0.15, 0.2) is 5.69 Å². The maximum absolute atomic E-state index is 12.5. The predicted octanol–water partition coefficient (Wildman–Crippen LogP) is 2.82. The van der Waals surface area contributed by atoms with Crippen molar-refractivity contribution in [2.24, 2.45) is 5.92 Å². The van der Waals surface area contributed by atoms with Gasteiger partial charge in [0.2, 0.25) is 0 Å². The van der Waals surface area contributed by atoms with Crippen LogP contribution in [0.25, 0.3) is 0 Å². The first-order chi connectivity index (χ1) is 12.2. The van der Waals surface area contributed by atoms with Gasteiger partial charge in [-0.25, -0.2) is 0 Å². The fraction of sp³-hybridized carbons (Fsp3) is 0.474. The molecule has 1 aromatic heterocycles. The van der Waals surface area contributed by atoms with Crippen molar-refractivity contribution in [3.05, 3.63) is 41.8 Å². The van der Waals surface area contributed by atoms with Crippen molar-refractivity contribution in [2.45, 2.75) is 31.7 Å². The number of nitrogens with one attached hydrogen (secondary N) is 1. The van der Waals surface area contributed by atoms with E-state index >= 15 is 0 Å². The number of carbonyl (C=O) groups excluding carboxylic acids is 1. The highest BCUT2D eigenvalue weighted by Gasteiger charge is 2.33. The molecule has 1 saturated carbocycles. The van der Waals surface area contributed by atoms with E-state index < -0.39 is 0 Å². The molecule has 2 aliphatic rings. The Balaban J connectivity index is 1.43. The van der Waals surface area contributed by atoms with Crippen LogP contribution in [0.4, 0.5) is 5.69 Å². The van der Waals surface area contributed by atoms with E-state index in [2.05, 4.69) is 28.4 Å². The van der Waals surface area contributed by atoms with Crippen molar-refractivity contribution in [3.63, 3.8) is 0 Å². The Morgan fingerprint density at radius 3 is 2.88 bits per heavy atom. The molecule has 2 atom stereocenters. The molecular weight excluding hydrogens is 318 g/mol. The number of nitrogens with zero attached hydrogens (tertiary/aromatic N) is 2. The quantitative estimate of drug-likeness (QED) is 0.906. The first kappa shape index (κ1) is 16.0. The number of para-hydroxylation sites is 2. The van der Waals surface area contributed by atoms with Crippen molar-refractivity contribution in [1.29, 1.82) is 0 Å². The second-order valence-corrected chi connectivity index (χ2v) is 7.02. The van der Waals surface area contributed by atoms with Gasteiger partial charge in [-0.15, -0.1) is 0 Å². The molecule has 25 heavy (non-hydrogen) atoms. The number of benzene rings is 1. The number of anilines is 1. The smallest absolute Gasteiger partial charge is 0.273 e. The zero-order valence-electron chi connectivity index (χ0n) is 14.6. The molecule has 0 unspecified atom stereocenters. The number of hydrogen-bond donors (Lipinski definition) is 1. The highest BCUT2D eigenvalue weighted by Crippen LogP contribution is 2.40. The van der Waals surface area contributed by atoms with Crippen LogP contribution in [0.15, 0.2) is 34.9 Å². The van der Waals surface area contributed by atoms with Gasteiger partial charge in [0.25, 0.3) is 5.91 Å². The van der Waals surface area contributed by atoms with E-state index in [9.17, 15) is 4.79 Å². The molecule has 0 spiro atoms. The Bertz CT molecular complexity index is 769. The fourth-order valence-electron chi connectivity index (χ4n) is 3.44. The average Bonchev–Trinajstić information content (AvgIpc) is 3.24. The van der Waals surface area contributed by atoms with E-state index in [0.29, 0.717) is 17.5 Å². The van der Waals surface area contributed by atoms with E-state index in [1.807, 2.05) is 18.2 Å². The third kappa shape index (κ3) is 3.21. The maximum atomic E-state index is 12.5. The summed E-state index contributed by atoms with van der Waals surface area (Å²) in [5, 5.41) is 7.04. The highest BCUT2D eigenvalue weighted by molar-refractivity contribution is 5.92. The summed E-state index contributed by atoms with van der Waals surface area (Å²) in [6.45, 7) is 3.77. The standard InChI is InChI=1S/C19H23N3O3/c1-12-10-22(16-5-3-4-6-17(16)24-2)11-15(12)20-19(23)14-9-18(25-21-14)13-7-8-13/h3-6,9,12-13,15H,7-8,10-11H2,1-2H3,(H,20,23)/t12-,15+/m0/s1. The summed E-state index contributed by atoms with van der Waals surface area (Å²) >= 11 is 0. The first-order valence-corrected chi connectivity index (χ1v) is 8.81. The lowest BCUT2D eigenvalue weighted by Crippen LogP contribution is -2.40. The molecule has 1 aliphatic heterocycles. The Kier molecular flexibility index (Phi) is 4.11. The summed E-state index contributed by atoms with van der Waals surface area (Å²) in [5.41, 5.74) is 1.44. The predicted molar refractivity (Wildman–Crippen MR) is 94.1 cm³/mol. The summed E-state index contributed by atoms with van der Waals surface area (Å²) in [6.07, 6.45) is 2.26. The number of carbonyl (C=O) groups is 1. The molecule has 0 radical (unpaired) electrons. The Hall–Kier alpha value is -2.50. The number of aromatic nitrogens is 1. The van der Waals surface area contributed by atoms with Gasteiger partial charge in [-0.3, -0.25) is 4.79 Å². The Morgan fingerprint density at radius 1 is 1.32 bits per heavy atom. The molecule has 0 bridgehead atoms. The molecule has 132 valence electrons. The third-order valence-corrected chi connectivity index (χ3v) is 5.10. The highest BCUT2D eigenvalue weighted by atomic mass is 16.5. The summed E-state index contributed by atoms with van der Waals surface area (Å²) in [5.74, 6) is 2.33. The van der Waals surface area contributed by atoms with Gasteiger partial charge in [-0.2, -0.15) is 0 Å². The number of rotatable bonds is 5. The van der Waals surface area contributed by atoms with Gasteiger partial charge < -0.3 is 19.5 Å². The summed E-state index contributed by atoms with van der Waals surface area (Å²) in [4.78, 5) is 14.7. The van der Waals surface area contributed by atoms with Crippen molar-refractivity contribution in [3.8, 4) is 5.75 Å². The van der Waals surface area contributed by atoms with Gasteiger partial charge >= 0.3 is 0 Å². The van der Waals surface area contributed by atoms with Gasteiger partial charge in [-0.05, 0) is 30.9 Å². The number of hydrogen-bond acceptors (Lipinski definition) is 5. The summed E-state index contributed by atoms with van der Waals surface area (Å²) in [6, 6.07) is 9.82. The maximum Gasteiger partial charge on any atom is 0.273 e. The van der Waals surface area contributed by atoms with Crippen LogP contribution in [0, 0.1) is 5.92 Å². The van der Waals surface area contributed by atoms with Crippen LogP contribution in [-0.4, -0.2) is 37.3 Å². The molecule has 2 aromatic rings. The van der Waals surface area contributed by atoms with Gasteiger partial charge in [-0.1, -0.05) is 24.2 Å². The SMILES string of the molecule is COc1ccccc1N1C[C@H](C)[C@H](NC(=O)c2cc(C3CC3)on2)C1. The zero-order valence-corrected chi connectivity index (χ0v) is 14.6. The lowest BCUT2D eigenvalue weighted by Gasteiger charge is -2.21. The van der Waals surface area contributed by atoms with Gasteiger partial charge in [0, 0.05) is 25.1 Å². The van der Waals surface area contributed by atoms with Gasteiger partial charge in [0.1, 0.15) is 11.5 Å². The van der Waals surface area contributed by atoms with Crippen LogP contribution in [0.3, 0.4) is 0 Å².